The third kappa shape index (κ3) is 5.30. The van der Waals surface area contributed by atoms with Crippen molar-refractivity contribution in [1.82, 2.24) is 0 Å². The Balaban J connectivity index is 1.97. The molecule has 1 saturated heterocycles. The Morgan fingerprint density at radius 2 is 1.73 bits per heavy atom. The molecule has 2 amide bonds. The van der Waals surface area contributed by atoms with Crippen LogP contribution < -0.4 is 19.9 Å². The highest BCUT2D eigenvalue weighted by molar-refractivity contribution is 6.51. The predicted octanol–water partition coefficient (Wildman–Crippen LogP) is 5.78. The van der Waals surface area contributed by atoms with Crippen LogP contribution in [0.15, 0.2) is 66.2 Å². The zero-order valence-electron chi connectivity index (χ0n) is 23.9. The molecule has 1 fully saturated rings. The molecule has 3 aromatic carbocycles. The quantitative estimate of drug-likeness (QED) is 0.224. The molecule has 0 aromatic heterocycles. The number of benzene rings is 3. The van der Waals surface area contributed by atoms with Gasteiger partial charge >= 0.3 is 0 Å². The SMILES string of the molecule is COc1cc(C)c(/C(O)=C2\C(=O)C(=O)N(c3cccc(NC(C)=O)c3)C2c2ccc(N(C)C)cc2)cc1C(C)C. The van der Waals surface area contributed by atoms with Crippen molar-refractivity contribution in [3.63, 3.8) is 0 Å². The van der Waals surface area contributed by atoms with E-state index in [1.165, 1.54) is 11.8 Å². The van der Waals surface area contributed by atoms with Gasteiger partial charge in [0.2, 0.25) is 5.91 Å². The summed E-state index contributed by atoms with van der Waals surface area (Å²) in [7, 11) is 5.44. The molecule has 4 rings (SSSR count). The summed E-state index contributed by atoms with van der Waals surface area (Å²) in [5.74, 6) is -1.28. The van der Waals surface area contributed by atoms with Gasteiger partial charge in [-0.05, 0) is 72.0 Å². The number of nitrogens with one attached hydrogen (secondary N) is 1. The lowest BCUT2D eigenvalue weighted by Gasteiger charge is -2.26. The number of aryl methyl sites for hydroxylation is 1. The third-order valence-electron chi connectivity index (χ3n) is 7.07. The summed E-state index contributed by atoms with van der Waals surface area (Å²) in [6, 6.07) is 17.0. The number of aliphatic hydroxyl groups is 1. The topological polar surface area (TPSA) is 99.2 Å². The largest absolute Gasteiger partial charge is 0.507 e. The number of hydrogen-bond donors (Lipinski definition) is 2. The van der Waals surface area contributed by atoms with Crippen LogP contribution in [0, 0.1) is 6.92 Å². The summed E-state index contributed by atoms with van der Waals surface area (Å²) in [6.07, 6.45) is 0. The number of rotatable bonds is 7. The van der Waals surface area contributed by atoms with Crippen LogP contribution in [-0.2, 0) is 14.4 Å². The van der Waals surface area contributed by atoms with Crippen molar-refractivity contribution in [3.8, 4) is 5.75 Å². The van der Waals surface area contributed by atoms with Gasteiger partial charge in [-0.1, -0.05) is 32.0 Å². The second-order valence-electron chi connectivity index (χ2n) is 10.5. The van der Waals surface area contributed by atoms with E-state index in [-0.39, 0.29) is 23.2 Å². The molecule has 1 heterocycles. The lowest BCUT2D eigenvalue weighted by molar-refractivity contribution is -0.132. The minimum Gasteiger partial charge on any atom is -0.507 e. The first-order chi connectivity index (χ1) is 18.9. The highest BCUT2D eigenvalue weighted by Crippen LogP contribution is 2.44. The van der Waals surface area contributed by atoms with E-state index in [1.807, 2.05) is 76.2 Å². The van der Waals surface area contributed by atoms with Crippen molar-refractivity contribution in [1.29, 1.82) is 0 Å². The maximum atomic E-state index is 13.7. The second kappa shape index (κ2) is 11.3. The molecule has 0 saturated carbocycles. The van der Waals surface area contributed by atoms with E-state index in [1.54, 1.807) is 31.4 Å². The van der Waals surface area contributed by atoms with Crippen molar-refractivity contribution in [2.24, 2.45) is 0 Å². The number of amides is 2. The molecule has 0 bridgehead atoms. The molecule has 8 nitrogen and oxygen atoms in total. The van der Waals surface area contributed by atoms with E-state index in [2.05, 4.69) is 5.32 Å². The molecule has 1 aliphatic heterocycles. The lowest BCUT2D eigenvalue weighted by atomic mass is 9.91. The summed E-state index contributed by atoms with van der Waals surface area (Å²) in [5.41, 5.74) is 4.55. The van der Waals surface area contributed by atoms with Gasteiger partial charge in [-0.15, -0.1) is 0 Å². The van der Waals surface area contributed by atoms with Crippen molar-refractivity contribution < 1.29 is 24.2 Å². The lowest BCUT2D eigenvalue weighted by Crippen LogP contribution is -2.29. The average molecular weight is 542 g/mol. The first-order valence-electron chi connectivity index (χ1n) is 13.1. The van der Waals surface area contributed by atoms with Crippen LogP contribution in [0.5, 0.6) is 5.75 Å². The van der Waals surface area contributed by atoms with Crippen LogP contribution in [0.2, 0.25) is 0 Å². The molecular formula is C32H35N3O5. The number of ether oxygens (including phenoxy) is 1. The van der Waals surface area contributed by atoms with Crippen molar-refractivity contribution in [2.75, 3.05) is 36.3 Å². The van der Waals surface area contributed by atoms with Crippen LogP contribution in [0.4, 0.5) is 17.1 Å². The van der Waals surface area contributed by atoms with E-state index >= 15 is 0 Å². The molecule has 0 spiro atoms. The Morgan fingerprint density at radius 3 is 2.30 bits per heavy atom. The van der Waals surface area contributed by atoms with Gasteiger partial charge in [-0.25, -0.2) is 0 Å². The normalized spacial score (nSPS) is 16.4. The van der Waals surface area contributed by atoms with Gasteiger partial charge in [0.25, 0.3) is 11.7 Å². The highest BCUT2D eigenvalue weighted by Gasteiger charge is 2.47. The average Bonchev–Trinajstić information content (AvgIpc) is 3.17. The fourth-order valence-corrected chi connectivity index (χ4v) is 5.03. The highest BCUT2D eigenvalue weighted by atomic mass is 16.5. The van der Waals surface area contributed by atoms with Gasteiger partial charge in [0.1, 0.15) is 11.5 Å². The minimum atomic E-state index is -0.896. The summed E-state index contributed by atoms with van der Waals surface area (Å²) in [5, 5.41) is 14.5. The van der Waals surface area contributed by atoms with Gasteiger partial charge < -0.3 is 20.1 Å². The van der Waals surface area contributed by atoms with Gasteiger partial charge in [-0.3, -0.25) is 19.3 Å². The van der Waals surface area contributed by atoms with Crippen LogP contribution >= 0.6 is 0 Å². The Kier molecular flexibility index (Phi) is 8.00. The summed E-state index contributed by atoms with van der Waals surface area (Å²) in [4.78, 5) is 42.3. The van der Waals surface area contributed by atoms with E-state index in [0.29, 0.717) is 33.8 Å². The maximum Gasteiger partial charge on any atom is 0.300 e. The predicted molar refractivity (Wildman–Crippen MR) is 158 cm³/mol. The fourth-order valence-electron chi connectivity index (χ4n) is 5.03. The Bertz CT molecular complexity index is 1510. The van der Waals surface area contributed by atoms with Crippen LogP contribution in [-0.4, -0.2) is 43.9 Å². The Labute approximate surface area is 234 Å². The maximum absolute atomic E-state index is 13.7. The van der Waals surface area contributed by atoms with E-state index in [0.717, 1.165) is 11.3 Å². The van der Waals surface area contributed by atoms with E-state index in [9.17, 15) is 19.5 Å². The van der Waals surface area contributed by atoms with Crippen LogP contribution in [0.3, 0.4) is 0 Å². The van der Waals surface area contributed by atoms with E-state index in [4.69, 9.17) is 4.74 Å². The first-order valence-corrected chi connectivity index (χ1v) is 13.1. The monoisotopic (exact) mass is 541 g/mol. The number of aliphatic hydroxyl groups excluding tert-OH is 1. The van der Waals surface area contributed by atoms with Gasteiger partial charge in [0.05, 0.1) is 18.7 Å². The molecule has 2 N–H and O–H groups in total. The molecule has 1 aliphatic rings. The summed E-state index contributed by atoms with van der Waals surface area (Å²) < 4.78 is 5.56. The minimum absolute atomic E-state index is 0.00416. The summed E-state index contributed by atoms with van der Waals surface area (Å²) in [6.45, 7) is 7.26. The zero-order valence-corrected chi connectivity index (χ0v) is 23.9. The Morgan fingerprint density at radius 1 is 1.05 bits per heavy atom. The molecule has 3 aromatic rings. The van der Waals surface area contributed by atoms with Gasteiger partial charge in [-0.2, -0.15) is 0 Å². The molecule has 0 radical (unpaired) electrons. The number of nitrogens with zero attached hydrogens (tertiary/aromatic N) is 2. The Hall–Kier alpha value is -4.59. The number of carbonyl (C=O) groups is 3. The van der Waals surface area contributed by atoms with E-state index < -0.39 is 17.7 Å². The fraction of sp³-hybridized carbons (Fsp3) is 0.281. The van der Waals surface area contributed by atoms with Crippen molar-refractivity contribution in [3.05, 3.63) is 88.5 Å². The zero-order chi connectivity index (χ0) is 29.3. The third-order valence-corrected chi connectivity index (χ3v) is 7.07. The number of methoxy groups -OCH3 is 1. The smallest absolute Gasteiger partial charge is 0.300 e. The number of carbonyl (C=O) groups excluding carboxylic acids is 3. The molecule has 8 heteroatoms. The second-order valence-corrected chi connectivity index (χ2v) is 10.5. The summed E-state index contributed by atoms with van der Waals surface area (Å²) >= 11 is 0. The van der Waals surface area contributed by atoms with Crippen molar-refractivity contribution >= 4 is 40.4 Å². The molecule has 208 valence electrons. The number of hydrogen-bond acceptors (Lipinski definition) is 6. The molecule has 1 unspecified atom stereocenters. The van der Waals surface area contributed by atoms with Crippen molar-refractivity contribution in [2.45, 2.75) is 39.7 Å². The first kappa shape index (κ1) is 28.4. The molecule has 40 heavy (non-hydrogen) atoms. The van der Waals surface area contributed by atoms with Crippen LogP contribution in [0.1, 0.15) is 55.0 Å². The van der Waals surface area contributed by atoms with Gasteiger partial charge in [0.15, 0.2) is 0 Å². The standard InChI is InChI=1S/C32H35N3O5/c1-18(2)25-17-26(19(3)15-27(25)40-7)30(37)28-29(21-11-13-23(14-12-21)34(5)6)35(32(39)31(28)38)24-10-8-9-22(16-24)33-20(4)36/h8-18,29,37H,1-7H3,(H,33,36)/b30-28+. The van der Waals surface area contributed by atoms with Crippen LogP contribution in [0.25, 0.3) is 5.76 Å². The van der Waals surface area contributed by atoms with Gasteiger partial charge in [0, 0.05) is 43.6 Å². The number of Topliss-reactive ketones (excluding diaryl/α,β-unsaturated/α-hetero) is 1. The number of ketones is 1. The number of anilines is 3. The molecule has 0 aliphatic carbocycles. The molecular weight excluding hydrogens is 506 g/mol. The molecule has 1 atom stereocenters.